The predicted molar refractivity (Wildman–Crippen MR) is 65.7 cm³/mol. The average molecular weight is 230 g/mol. The van der Waals surface area contributed by atoms with Gasteiger partial charge in [-0.2, -0.15) is 5.10 Å². The highest BCUT2D eigenvalue weighted by Crippen LogP contribution is 2.11. The number of aromatic amines is 1. The summed E-state index contributed by atoms with van der Waals surface area (Å²) in [5.41, 5.74) is 7.11. The van der Waals surface area contributed by atoms with Gasteiger partial charge in [0.25, 0.3) is 5.91 Å². The predicted octanol–water partition coefficient (Wildman–Crippen LogP) is 1.16. The van der Waals surface area contributed by atoms with Crippen LogP contribution in [0.4, 0.5) is 5.82 Å². The largest absolute Gasteiger partial charge is 0.330 e. The Hall–Kier alpha value is -2.14. The fourth-order valence-corrected chi connectivity index (χ4v) is 1.63. The molecule has 1 heterocycles. The van der Waals surface area contributed by atoms with E-state index in [0.29, 0.717) is 24.3 Å². The van der Waals surface area contributed by atoms with Crippen LogP contribution in [0.25, 0.3) is 0 Å². The van der Waals surface area contributed by atoms with E-state index in [1.165, 1.54) is 0 Å². The summed E-state index contributed by atoms with van der Waals surface area (Å²) in [4.78, 5) is 12.0. The second kappa shape index (κ2) is 5.27. The Bertz CT molecular complexity index is 493. The molecule has 0 aliphatic rings. The normalized spacial score (nSPS) is 10.2. The molecule has 0 bridgehead atoms. The van der Waals surface area contributed by atoms with Crippen molar-refractivity contribution in [3.8, 4) is 0 Å². The third kappa shape index (κ3) is 2.70. The first-order valence-electron chi connectivity index (χ1n) is 5.40. The molecule has 0 atom stereocenters. The molecule has 2 rings (SSSR count). The van der Waals surface area contributed by atoms with Crippen molar-refractivity contribution in [1.82, 2.24) is 10.2 Å². The number of hydrogen-bond donors (Lipinski definition) is 3. The lowest BCUT2D eigenvalue weighted by Gasteiger charge is -2.07. The number of nitrogens with two attached hydrogens (primary N) is 1. The minimum Gasteiger partial charge on any atom is -0.330 e. The van der Waals surface area contributed by atoms with Crippen LogP contribution in [-0.2, 0) is 6.42 Å². The summed E-state index contributed by atoms with van der Waals surface area (Å²) in [5.74, 6) is 0.427. The third-order valence-corrected chi connectivity index (χ3v) is 2.42. The fraction of sp³-hybridized carbons (Fsp3) is 0.167. The molecule has 1 aromatic heterocycles. The Morgan fingerprint density at radius 2 is 2.18 bits per heavy atom. The van der Waals surface area contributed by atoms with Crippen molar-refractivity contribution >= 4 is 11.7 Å². The highest BCUT2D eigenvalue weighted by molar-refractivity contribution is 6.04. The van der Waals surface area contributed by atoms with E-state index in [1.807, 2.05) is 18.2 Å². The molecule has 0 saturated carbocycles. The average Bonchev–Trinajstić information content (AvgIpc) is 2.83. The number of benzene rings is 1. The minimum atomic E-state index is -0.154. The molecule has 0 aliphatic heterocycles. The lowest BCUT2D eigenvalue weighted by molar-refractivity contribution is 0.102. The van der Waals surface area contributed by atoms with Crippen LogP contribution in [0.2, 0.25) is 0 Å². The number of rotatable bonds is 4. The Morgan fingerprint density at radius 3 is 2.88 bits per heavy atom. The summed E-state index contributed by atoms with van der Waals surface area (Å²) >= 11 is 0. The topological polar surface area (TPSA) is 83.8 Å². The number of H-pyrrole nitrogens is 1. The first kappa shape index (κ1) is 11.3. The Balaban J connectivity index is 2.18. The SMILES string of the molecule is NCCc1ccccc1C(=O)Nc1ccn[nH]1. The first-order chi connectivity index (χ1) is 8.31. The smallest absolute Gasteiger partial charge is 0.257 e. The second-order valence-electron chi connectivity index (χ2n) is 3.62. The van der Waals surface area contributed by atoms with Gasteiger partial charge in [-0.05, 0) is 24.6 Å². The van der Waals surface area contributed by atoms with Crippen molar-refractivity contribution in [2.75, 3.05) is 11.9 Å². The maximum absolute atomic E-state index is 12.0. The zero-order chi connectivity index (χ0) is 12.1. The molecule has 0 aliphatic carbocycles. The summed E-state index contributed by atoms with van der Waals surface area (Å²) in [6.07, 6.45) is 2.27. The number of aromatic nitrogens is 2. The van der Waals surface area contributed by atoms with Crippen LogP contribution in [0.3, 0.4) is 0 Å². The summed E-state index contributed by atoms with van der Waals surface area (Å²) in [6, 6.07) is 9.13. The van der Waals surface area contributed by atoms with Gasteiger partial charge in [0.05, 0.1) is 6.20 Å². The molecule has 0 radical (unpaired) electrons. The van der Waals surface area contributed by atoms with E-state index in [1.54, 1.807) is 18.3 Å². The number of carbonyl (C=O) groups excluding carboxylic acids is 1. The number of anilines is 1. The van der Waals surface area contributed by atoms with E-state index in [2.05, 4.69) is 15.5 Å². The molecule has 2 aromatic rings. The zero-order valence-electron chi connectivity index (χ0n) is 9.31. The van der Waals surface area contributed by atoms with Crippen molar-refractivity contribution in [2.45, 2.75) is 6.42 Å². The van der Waals surface area contributed by atoms with Gasteiger partial charge in [-0.3, -0.25) is 9.89 Å². The molecule has 0 fully saturated rings. The van der Waals surface area contributed by atoms with E-state index in [-0.39, 0.29) is 5.91 Å². The molecule has 1 aromatic carbocycles. The van der Waals surface area contributed by atoms with E-state index < -0.39 is 0 Å². The van der Waals surface area contributed by atoms with Crippen LogP contribution in [0.1, 0.15) is 15.9 Å². The molecular weight excluding hydrogens is 216 g/mol. The van der Waals surface area contributed by atoms with Crippen LogP contribution in [0.5, 0.6) is 0 Å². The van der Waals surface area contributed by atoms with Gasteiger partial charge in [0.1, 0.15) is 5.82 Å². The number of carbonyl (C=O) groups is 1. The molecular formula is C12H14N4O. The fourth-order valence-electron chi connectivity index (χ4n) is 1.63. The van der Waals surface area contributed by atoms with E-state index in [4.69, 9.17) is 5.73 Å². The van der Waals surface area contributed by atoms with Gasteiger partial charge in [-0.25, -0.2) is 0 Å². The maximum atomic E-state index is 12.0. The summed E-state index contributed by atoms with van der Waals surface area (Å²) in [7, 11) is 0. The standard InChI is InChI=1S/C12H14N4O/c13-7-5-9-3-1-2-4-10(9)12(17)15-11-6-8-14-16-11/h1-4,6,8H,5,7,13H2,(H2,14,15,16,17). The molecule has 5 nitrogen and oxygen atoms in total. The number of hydrogen-bond acceptors (Lipinski definition) is 3. The first-order valence-corrected chi connectivity index (χ1v) is 5.40. The van der Waals surface area contributed by atoms with Crippen LogP contribution in [-0.4, -0.2) is 22.6 Å². The van der Waals surface area contributed by atoms with Gasteiger partial charge in [-0.15, -0.1) is 0 Å². The van der Waals surface area contributed by atoms with Crippen LogP contribution in [0.15, 0.2) is 36.5 Å². The van der Waals surface area contributed by atoms with Crippen molar-refractivity contribution in [3.63, 3.8) is 0 Å². The lowest BCUT2D eigenvalue weighted by atomic mass is 10.0. The highest BCUT2D eigenvalue weighted by Gasteiger charge is 2.10. The molecule has 5 heteroatoms. The monoisotopic (exact) mass is 230 g/mol. The Labute approximate surface area is 99.0 Å². The zero-order valence-corrected chi connectivity index (χ0v) is 9.31. The Kier molecular flexibility index (Phi) is 3.52. The van der Waals surface area contributed by atoms with Crippen LogP contribution < -0.4 is 11.1 Å². The van der Waals surface area contributed by atoms with Gasteiger partial charge in [0, 0.05) is 11.6 Å². The molecule has 17 heavy (non-hydrogen) atoms. The number of amides is 1. The number of nitrogens with one attached hydrogen (secondary N) is 2. The van der Waals surface area contributed by atoms with Crippen molar-refractivity contribution in [3.05, 3.63) is 47.7 Å². The van der Waals surface area contributed by atoms with Crippen LogP contribution >= 0.6 is 0 Å². The molecule has 0 spiro atoms. The highest BCUT2D eigenvalue weighted by atomic mass is 16.1. The molecule has 0 unspecified atom stereocenters. The molecule has 4 N–H and O–H groups in total. The van der Waals surface area contributed by atoms with Crippen molar-refractivity contribution in [2.24, 2.45) is 5.73 Å². The quantitative estimate of drug-likeness (QED) is 0.737. The maximum Gasteiger partial charge on any atom is 0.257 e. The number of nitrogens with zero attached hydrogens (tertiary/aromatic N) is 1. The second-order valence-corrected chi connectivity index (χ2v) is 3.62. The van der Waals surface area contributed by atoms with Gasteiger partial charge >= 0.3 is 0 Å². The molecule has 0 saturated heterocycles. The minimum absolute atomic E-state index is 0.154. The van der Waals surface area contributed by atoms with Crippen LogP contribution in [0, 0.1) is 0 Å². The van der Waals surface area contributed by atoms with Crippen molar-refractivity contribution in [1.29, 1.82) is 0 Å². The van der Waals surface area contributed by atoms with Gasteiger partial charge in [0.2, 0.25) is 0 Å². The van der Waals surface area contributed by atoms with E-state index >= 15 is 0 Å². The van der Waals surface area contributed by atoms with E-state index in [0.717, 1.165) is 5.56 Å². The molecule has 88 valence electrons. The van der Waals surface area contributed by atoms with E-state index in [9.17, 15) is 4.79 Å². The molecule has 1 amide bonds. The summed E-state index contributed by atoms with van der Waals surface area (Å²) < 4.78 is 0. The van der Waals surface area contributed by atoms with Gasteiger partial charge in [0.15, 0.2) is 0 Å². The van der Waals surface area contributed by atoms with Gasteiger partial charge in [-0.1, -0.05) is 18.2 Å². The summed E-state index contributed by atoms with van der Waals surface area (Å²) in [6.45, 7) is 0.522. The Morgan fingerprint density at radius 1 is 1.35 bits per heavy atom. The summed E-state index contributed by atoms with van der Waals surface area (Å²) in [5, 5.41) is 9.19. The van der Waals surface area contributed by atoms with Crippen molar-refractivity contribution < 1.29 is 4.79 Å². The van der Waals surface area contributed by atoms with Gasteiger partial charge < -0.3 is 11.1 Å². The third-order valence-electron chi connectivity index (χ3n) is 2.42. The lowest BCUT2D eigenvalue weighted by Crippen LogP contribution is -2.16.